The summed E-state index contributed by atoms with van der Waals surface area (Å²) in [7, 11) is 0. The zero-order chi connectivity index (χ0) is 14.4. The Kier molecular flexibility index (Phi) is 6.83. The minimum atomic E-state index is 0.774. The summed E-state index contributed by atoms with van der Waals surface area (Å²) in [6, 6.07) is 1.56. The van der Waals surface area contributed by atoms with Crippen LogP contribution in [0.15, 0.2) is 0 Å². The van der Waals surface area contributed by atoms with Gasteiger partial charge in [-0.05, 0) is 44.1 Å². The Bertz CT molecular complexity index is 258. The summed E-state index contributed by atoms with van der Waals surface area (Å²) in [4.78, 5) is 2.82. The van der Waals surface area contributed by atoms with Crippen molar-refractivity contribution in [2.75, 3.05) is 19.6 Å². The Hall–Kier alpha value is -0.0800. The molecule has 0 amide bonds. The minimum Gasteiger partial charge on any atom is -0.311 e. The van der Waals surface area contributed by atoms with Crippen molar-refractivity contribution in [2.45, 2.75) is 84.2 Å². The second-order valence-corrected chi connectivity index (χ2v) is 7.53. The highest BCUT2D eigenvalue weighted by atomic mass is 15.2. The highest BCUT2D eigenvalue weighted by molar-refractivity contribution is 4.90. The Labute approximate surface area is 126 Å². The Balaban J connectivity index is 1.88. The van der Waals surface area contributed by atoms with Gasteiger partial charge in [0.25, 0.3) is 0 Å². The van der Waals surface area contributed by atoms with Crippen molar-refractivity contribution in [3.63, 3.8) is 0 Å². The molecule has 20 heavy (non-hydrogen) atoms. The maximum absolute atomic E-state index is 3.90. The molecule has 2 atom stereocenters. The van der Waals surface area contributed by atoms with Crippen molar-refractivity contribution >= 4 is 0 Å². The molecule has 1 aliphatic carbocycles. The molecule has 1 N–H and O–H groups in total. The van der Waals surface area contributed by atoms with Gasteiger partial charge in [0.05, 0.1) is 0 Å². The van der Waals surface area contributed by atoms with E-state index in [1.807, 2.05) is 0 Å². The van der Waals surface area contributed by atoms with Crippen molar-refractivity contribution in [2.24, 2.45) is 11.8 Å². The van der Waals surface area contributed by atoms with Crippen LogP contribution in [0.4, 0.5) is 0 Å². The molecule has 2 aliphatic rings. The van der Waals surface area contributed by atoms with Gasteiger partial charge in [0.2, 0.25) is 0 Å². The van der Waals surface area contributed by atoms with Gasteiger partial charge in [-0.25, -0.2) is 0 Å². The molecular weight excluding hydrogens is 244 g/mol. The van der Waals surface area contributed by atoms with E-state index < -0.39 is 0 Å². The minimum absolute atomic E-state index is 0.774. The van der Waals surface area contributed by atoms with Crippen LogP contribution in [-0.4, -0.2) is 36.6 Å². The molecule has 2 nitrogen and oxygen atoms in total. The van der Waals surface area contributed by atoms with Crippen LogP contribution >= 0.6 is 0 Å². The molecular formula is C18H36N2. The summed E-state index contributed by atoms with van der Waals surface area (Å²) < 4.78 is 0. The highest BCUT2D eigenvalue weighted by Crippen LogP contribution is 2.29. The van der Waals surface area contributed by atoms with Gasteiger partial charge in [0, 0.05) is 25.2 Å². The number of hydrogen-bond acceptors (Lipinski definition) is 2. The van der Waals surface area contributed by atoms with Crippen LogP contribution in [0.2, 0.25) is 0 Å². The van der Waals surface area contributed by atoms with Crippen LogP contribution < -0.4 is 5.32 Å². The topological polar surface area (TPSA) is 15.3 Å². The van der Waals surface area contributed by atoms with Gasteiger partial charge < -0.3 is 5.32 Å². The molecule has 1 heterocycles. The molecule has 2 heteroatoms. The monoisotopic (exact) mass is 280 g/mol. The van der Waals surface area contributed by atoms with Gasteiger partial charge in [-0.15, -0.1) is 0 Å². The first-order valence-corrected chi connectivity index (χ1v) is 9.18. The molecule has 1 saturated heterocycles. The molecule has 2 rings (SSSR count). The van der Waals surface area contributed by atoms with Gasteiger partial charge in [-0.1, -0.05) is 46.5 Å². The molecule has 0 aromatic carbocycles. The number of nitrogens with zero attached hydrogens (tertiary/aromatic N) is 1. The zero-order valence-electron chi connectivity index (χ0n) is 14.0. The fourth-order valence-corrected chi connectivity index (χ4v) is 4.05. The van der Waals surface area contributed by atoms with Gasteiger partial charge in [-0.2, -0.15) is 0 Å². The molecule has 2 unspecified atom stereocenters. The van der Waals surface area contributed by atoms with E-state index in [0.29, 0.717) is 0 Å². The highest BCUT2D eigenvalue weighted by Gasteiger charge is 2.32. The standard InChI is InChI=1S/C18H36N2/c1-4-8-17-13-19-18(16-9-6-5-7-10-16)14-20(17)12-11-15(2)3/h15-19H,4-14H2,1-3H3. The summed E-state index contributed by atoms with van der Waals surface area (Å²) in [6.07, 6.45) is 11.4. The van der Waals surface area contributed by atoms with Gasteiger partial charge in [0.1, 0.15) is 0 Å². The maximum atomic E-state index is 3.90. The summed E-state index contributed by atoms with van der Waals surface area (Å²) in [5.74, 6) is 1.79. The smallest absolute Gasteiger partial charge is 0.0224 e. The number of piperazine rings is 1. The summed E-state index contributed by atoms with van der Waals surface area (Å²) in [6.45, 7) is 10.9. The fraction of sp³-hybridized carbons (Fsp3) is 1.00. The average Bonchev–Trinajstić information content (AvgIpc) is 2.47. The largest absolute Gasteiger partial charge is 0.311 e. The summed E-state index contributed by atoms with van der Waals surface area (Å²) >= 11 is 0. The summed E-state index contributed by atoms with van der Waals surface area (Å²) in [5.41, 5.74) is 0. The van der Waals surface area contributed by atoms with Crippen LogP contribution in [0.1, 0.15) is 72.1 Å². The number of hydrogen-bond donors (Lipinski definition) is 1. The van der Waals surface area contributed by atoms with Crippen LogP contribution in [0.25, 0.3) is 0 Å². The lowest BCUT2D eigenvalue weighted by Crippen LogP contribution is -2.59. The number of nitrogens with one attached hydrogen (secondary N) is 1. The predicted molar refractivity (Wildman–Crippen MR) is 88.1 cm³/mol. The van der Waals surface area contributed by atoms with Crippen molar-refractivity contribution in [3.05, 3.63) is 0 Å². The van der Waals surface area contributed by atoms with E-state index in [4.69, 9.17) is 0 Å². The molecule has 0 aromatic heterocycles. The van der Waals surface area contributed by atoms with Crippen molar-refractivity contribution < 1.29 is 0 Å². The van der Waals surface area contributed by atoms with E-state index in [-0.39, 0.29) is 0 Å². The first kappa shape index (κ1) is 16.3. The maximum Gasteiger partial charge on any atom is 0.0224 e. The third-order valence-electron chi connectivity index (χ3n) is 5.40. The van der Waals surface area contributed by atoms with Gasteiger partial charge >= 0.3 is 0 Å². The number of rotatable bonds is 6. The second-order valence-electron chi connectivity index (χ2n) is 7.53. The fourth-order valence-electron chi connectivity index (χ4n) is 4.05. The predicted octanol–water partition coefficient (Wildman–Crippen LogP) is 4.06. The Morgan fingerprint density at radius 2 is 1.90 bits per heavy atom. The molecule has 0 aromatic rings. The second kappa shape index (κ2) is 8.38. The van der Waals surface area contributed by atoms with Crippen molar-refractivity contribution in [3.8, 4) is 0 Å². The lowest BCUT2D eigenvalue weighted by atomic mass is 9.82. The van der Waals surface area contributed by atoms with Crippen LogP contribution in [0, 0.1) is 11.8 Å². The molecule has 1 saturated carbocycles. The van der Waals surface area contributed by atoms with Crippen molar-refractivity contribution in [1.82, 2.24) is 10.2 Å². The lowest BCUT2D eigenvalue weighted by molar-refractivity contribution is 0.0866. The van der Waals surface area contributed by atoms with E-state index in [0.717, 1.165) is 23.9 Å². The molecule has 2 fully saturated rings. The van der Waals surface area contributed by atoms with E-state index >= 15 is 0 Å². The zero-order valence-corrected chi connectivity index (χ0v) is 14.0. The third-order valence-corrected chi connectivity index (χ3v) is 5.40. The molecule has 0 bridgehead atoms. The SMILES string of the molecule is CCCC1CNC(C2CCCCC2)CN1CCC(C)C. The quantitative estimate of drug-likeness (QED) is 0.789. The van der Waals surface area contributed by atoms with Crippen LogP contribution in [0.3, 0.4) is 0 Å². The van der Waals surface area contributed by atoms with E-state index in [1.165, 1.54) is 71.0 Å². The normalized spacial score (nSPS) is 30.0. The molecule has 0 radical (unpaired) electrons. The summed E-state index contributed by atoms with van der Waals surface area (Å²) in [5, 5.41) is 3.90. The first-order chi connectivity index (χ1) is 9.70. The van der Waals surface area contributed by atoms with Crippen LogP contribution in [-0.2, 0) is 0 Å². The third kappa shape index (κ3) is 4.73. The Morgan fingerprint density at radius 1 is 1.15 bits per heavy atom. The van der Waals surface area contributed by atoms with E-state index in [9.17, 15) is 0 Å². The first-order valence-electron chi connectivity index (χ1n) is 9.18. The average molecular weight is 280 g/mol. The van der Waals surface area contributed by atoms with Gasteiger partial charge in [-0.3, -0.25) is 4.90 Å². The van der Waals surface area contributed by atoms with E-state index in [2.05, 4.69) is 31.0 Å². The molecule has 0 spiro atoms. The van der Waals surface area contributed by atoms with Crippen LogP contribution in [0.5, 0.6) is 0 Å². The van der Waals surface area contributed by atoms with Gasteiger partial charge in [0.15, 0.2) is 0 Å². The van der Waals surface area contributed by atoms with Crippen molar-refractivity contribution in [1.29, 1.82) is 0 Å². The Morgan fingerprint density at radius 3 is 2.55 bits per heavy atom. The van der Waals surface area contributed by atoms with E-state index in [1.54, 1.807) is 0 Å². The molecule has 1 aliphatic heterocycles. The molecule has 118 valence electrons. The lowest BCUT2D eigenvalue weighted by Gasteiger charge is -2.44.